The number of halogens is 3. The Labute approximate surface area is 206 Å². The summed E-state index contributed by atoms with van der Waals surface area (Å²) in [6, 6.07) is 6.14. The number of nitrogens with zero attached hydrogens (tertiary/aromatic N) is 5. The van der Waals surface area contributed by atoms with Crippen molar-refractivity contribution in [2.45, 2.75) is 57.9 Å². The lowest BCUT2D eigenvalue weighted by Crippen LogP contribution is -2.36. The summed E-state index contributed by atoms with van der Waals surface area (Å²) >= 11 is 0. The number of hydrogen-bond acceptors (Lipinski definition) is 4. The third-order valence-electron chi connectivity index (χ3n) is 6.57. The molecule has 0 atom stereocenters. The van der Waals surface area contributed by atoms with Gasteiger partial charge in [0.05, 0.1) is 18.8 Å². The van der Waals surface area contributed by atoms with Crippen LogP contribution in [0.4, 0.5) is 13.2 Å². The number of carboxylic acid groups (broad SMARTS) is 1. The molecule has 11 heteroatoms. The van der Waals surface area contributed by atoms with E-state index in [1.54, 1.807) is 6.20 Å². The molecule has 0 spiro atoms. The van der Waals surface area contributed by atoms with Gasteiger partial charge in [-0.15, -0.1) is 0 Å². The van der Waals surface area contributed by atoms with Crippen molar-refractivity contribution in [3.05, 3.63) is 59.8 Å². The van der Waals surface area contributed by atoms with Crippen LogP contribution in [0, 0.1) is 5.92 Å². The van der Waals surface area contributed by atoms with Gasteiger partial charge in [0, 0.05) is 61.1 Å². The molecule has 3 aromatic rings. The Hall–Kier alpha value is -3.63. The lowest BCUT2D eigenvalue weighted by atomic mass is 9.88. The molecule has 4 heterocycles. The first-order valence-electron chi connectivity index (χ1n) is 11.8. The van der Waals surface area contributed by atoms with E-state index < -0.39 is 12.1 Å². The average Bonchev–Trinajstić information content (AvgIpc) is 3.37. The van der Waals surface area contributed by atoms with Crippen molar-refractivity contribution in [3.8, 4) is 11.3 Å². The van der Waals surface area contributed by atoms with Crippen LogP contribution in [0.3, 0.4) is 0 Å². The second-order valence-corrected chi connectivity index (χ2v) is 9.18. The maximum absolute atomic E-state index is 13.3. The second kappa shape index (κ2) is 10.5. The Morgan fingerprint density at radius 3 is 2.50 bits per heavy atom. The lowest BCUT2D eigenvalue weighted by molar-refractivity contribution is -0.192. The highest BCUT2D eigenvalue weighted by Gasteiger charge is 2.38. The van der Waals surface area contributed by atoms with Crippen molar-refractivity contribution in [3.63, 3.8) is 0 Å². The molecule has 192 valence electrons. The average molecular weight is 504 g/mol. The fraction of sp³-hybridized carbons (Fsp3) is 0.440. The van der Waals surface area contributed by atoms with Crippen molar-refractivity contribution in [2.75, 3.05) is 0 Å². The van der Waals surface area contributed by atoms with Gasteiger partial charge in [-0.25, -0.2) is 4.79 Å². The fourth-order valence-corrected chi connectivity index (χ4v) is 4.75. The molecule has 5 rings (SSSR count). The zero-order chi connectivity index (χ0) is 25.9. The number of carbonyl (C=O) groups excluding carboxylic acids is 1. The minimum absolute atomic E-state index is 0.180. The number of carbonyl (C=O) groups is 2. The Bertz CT molecular complexity index is 1210. The predicted molar refractivity (Wildman–Crippen MR) is 124 cm³/mol. The van der Waals surface area contributed by atoms with Crippen LogP contribution in [0.5, 0.6) is 0 Å². The van der Waals surface area contributed by atoms with Crippen LogP contribution in [0.15, 0.2) is 43.0 Å². The van der Waals surface area contributed by atoms with Crippen LogP contribution in [0.1, 0.15) is 48.9 Å². The fourth-order valence-electron chi connectivity index (χ4n) is 4.75. The Morgan fingerprint density at radius 1 is 1.14 bits per heavy atom. The number of rotatable bonds is 3. The van der Waals surface area contributed by atoms with Gasteiger partial charge < -0.3 is 14.6 Å². The molecular formula is C25H28F3N5O3. The molecule has 0 bridgehead atoms. The summed E-state index contributed by atoms with van der Waals surface area (Å²) in [5.74, 6) is -2.27. The SMILES string of the molecule is Cn1ccc2c1CN(C(=O)C1CCCCC1)Cc1cn(Cc3cccnc3)nc1-2.O=C(O)C(F)(F)F. The molecule has 8 nitrogen and oxygen atoms in total. The first-order valence-corrected chi connectivity index (χ1v) is 11.8. The molecule has 1 aliphatic carbocycles. The van der Waals surface area contributed by atoms with E-state index in [2.05, 4.69) is 46.0 Å². The van der Waals surface area contributed by atoms with Crippen LogP contribution in [-0.2, 0) is 36.3 Å². The van der Waals surface area contributed by atoms with E-state index >= 15 is 0 Å². The summed E-state index contributed by atoms with van der Waals surface area (Å²) in [6.45, 7) is 1.97. The number of fused-ring (bicyclic) bond motifs is 3. The van der Waals surface area contributed by atoms with Gasteiger partial charge in [-0.3, -0.25) is 14.5 Å². The molecule has 1 amide bonds. The lowest BCUT2D eigenvalue weighted by Gasteiger charge is -2.28. The normalized spacial score (nSPS) is 15.8. The number of carboxylic acids is 1. The van der Waals surface area contributed by atoms with Gasteiger partial charge in [-0.05, 0) is 30.5 Å². The van der Waals surface area contributed by atoms with Crippen LogP contribution in [-0.4, -0.2) is 47.4 Å². The summed E-state index contributed by atoms with van der Waals surface area (Å²) in [7, 11) is 2.06. The Balaban J connectivity index is 0.000000384. The van der Waals surface area contributed by atoms with E-state index in [-0.39, 0.29) is 5.92 Å². The van der Waals surface area contributed by atoms with Gasteiger partial charge in [0.1, 0.15) is 0 Å². The molecule has 1 aliphatic heterocycles. The number of pyridine rings is 1. The van der Waals surface area contributed by atoms with E-state index in [1.807, 2.05) is 16.9 Å². The summed E-state index contributed by atoms with van der Waals surface area (Å²) in [5, 5.41) is 12.0. The van der Waals surface area contributed by atoms with Gasteiger partial charge in [0.15, 0.2) is 0 Å². The minimum Gasteiger partial charge on any atom is -0.475 e. The van der Waals surface area contributed by atoms with E-state index in [1.165, 1.54) is 25.0 Å². The van der Waals surface area contributed by atoms with Crippen LogP contribution >= 0.6 is 0 Å². The van der Waals surface area contributed by atoms with Crippen molar-refractivity contribution in [1.82, 2.24) is 24.2 Å². The second-order valence-electron chi connectivity index (χ2n) is 9.18. The summed E-state index contributed by atoms with van der Waals surface area (Å²) in [5.41, 5.74) is 5.56. The molecule has 1 saturated carbocycles. The smallest absolute Gasteiger partial charge is 0.475 e. The Morgan fingerprint density at radius 2 is 1.86 bits per heavy atom. The first-order chi connectivity index (χ1) is 17.1. The third kappa shape index (κ3) is 5.77. The standard InChI is InChI=1S/C23H27N5O.C2HF3O2/c1-26-11-9-20-21(26)16-27(23(29)18-7-3-2-4-8-18)14-19-15-28(25-22(19)20)13-17-6-5-10-24-12-17;3-2(4,5)1(6)7/h5-6,9-12,15,18H,2-4,7-8,13-14,16H2,1H3;(H,6,7). The predicted octanol–water partition coefficient (Wildman–Crippen LogP) is 4.39. The number of aromatic nitrogens is 4. The Kier molecular flexibility index (Phi) is 7.46. The maximum Gasteiger partial charge on any atom is 0.490 e. The molecular weight excluding hydrogens is 475 g/mol. The van der Waals surface area contributed by atoms with Gasteiger partial charge in [-0.1, -0.05) is 25.3 Å². The van der Waals surface area contributed by atoms with Crippen molar-refractivity contribution in [2.24, 2.45) is 13.0 Å². The first kappa shape index (κ1) is 25.5. The maximum atomic E-state index is 13.3. The summed E-state index contributed by atoms with van der Waals surface area (Å²) < 4.78 is 35.8. The van der Waals surface area contributed by atoms with Gasteiger partial charge >= 0.3 is 12.1 Å². The number of aliphatic carboxylic acids is 1. The van der Waals surface area contributed by atoms with Crippen molar-refractivity contribution < 1.29 is 27.9 Å². The summed E-state index contributed by atoms with van der Waals surface area (Å²) in [4.78, 5) is 28.5. The van der Waals surface area contributed by atoms with Crippen LogP contribution in [0.2, 0.25) is 0 Å². The molecule has 36 heavy (non-hydrogen) atoms. The van der Waals surface area contributed by atoms with E-state index in [4.69, 9.17) is 15.0 Å². The zero-order valence-corrected chi connectivity index (χ0v) is 19.9. The highest BCUT2D eigenvalue weighted by atomic mass is 19.4. The molecule has 3 aromatic heterocycles. The number of hydrogen-bond donors (Lipinski definition) is 1. The molecule has 0 saturated heterocycles. The third-order valence-corrected chi connectivity index (χ3v) is 6.57. The monoisotopic (exact) mass is 503 g/mol. The largest absolute Gasteiger partial charge is 0.490 e. The number of alkyl halides is 3. The molecule has 1 fully saturated rings. The quantitative estimate of drug-likeness (QED) is 0.572. The summed E-state index contributed by atoms with van der Waals surface area (Å²) in [6.07, 6.45) is 8.42. The minimum atomic E-state index is -5.08. The van der Waals surface area contributed by atoms with Crippen molar-refractivity contribution in [1.29, 1.82) is 0 Å². The molecule has 0 aromatic carbocycles. The van der Waals surface area contributed by atoms with Crippen molar-refractivity contribution >= 4 is 11.9 Å². The number of aryl methyl sites for hydroxylation is 1. The van der Waals surface area contributed by atoms with Gasteiger partial charge in [-0.2, -0.15) is 18.3 Å². The highest BCUT2D eigenvalue weighted by molar-refractivity contribution is 5.80. The molecule has 0 unspecified atom stereocenters. The molecule has 0 radical (unpaired) electrons. The van der Waals surface area contributed by atoms with Crippen LogP contribution in [0.25, 0.3) is 11.3 Å². The topological polar surface area (TPSA) is 93.3 Å². The van der Waals surface area contributed by atoms with Crippen LogP contribution < -0.4 is 0 Å². The van der Waals surface area contributed by atoms with E-state index in [0.717, 1.165) is 35.2 Å². The van der Waals surface area contributed by atoms with E-state index in [9.17, 15) is 18.0 Å². The number of amides is 1. The molecule has 2 aliphatic rings. The van der Waals surface area contributed by atoms with E-state index in [0.29, 0.717) is 25.5 Å². The van der Waals surface area contributed by atoms with Gasteiger partial charge in [0.25, 0.3) is 0 Å². The molecule has 1 N–H and O–H groups in total. The zero-order valence-electron chi connectivity index (χ0n) is 19.9. The highest BCUT2D eigenvalue weighted by Crippen LogP contribution is 2.34. The van der Waals surface area contributed by atoms with Gasteiger partial charge in [0.2, 0.25) is 5.91 Å².